The molecule has 1 N–H and O–H groups in total. The van der Waals surface area contributed by atoms with Crippen molar-refractivity contribution in [2.45, 2.75) is 25.9 Å². The summed E-state index contributed by atoms with van der Waals surface area (Å²) in [7, 11) is 0. The third-order valence-electron chi connectivity index (χ3n) is 6.38. The fraction of sp³-hybridized carbons (Fsp3) is 0.161. The van der Waals surface area contributed by atoms with Crippen LogP contribution >= 0.6 is 11.6 Å². The zero-order valence-electron chi connectivity index (χ0n) is 20.9. The molecule has 7 heteroatoms. The summed E-state index contributed by atoms with van der Waals surface area (Å²) in [5.74, 6) is 0.689. The van der Waals surface area contributed by atoms with Crippen molar-refractivity contribution >= 4 is 29.1 Å². The van der Waals surface area contributed by atoms with E-state index >= 15 is 0 Å². The summed E-state index contributed by atoms with van der Waals surface area (Å²) in [6, 6.07) is 28.9. The van der Waals surface area contributed by atoms with Gasteiger partial charge in [0, 0.05) is 23.3 Å². The van der Waals surface area contributed by atoms with Crippen LogP contribution in [-0.4, -0.2) is 23.5 Å². The highest BCUT2D eigenvalue weighted by molar-refractivity contribution is 6.30. The van der Waals surface area contributed by atoms with Crippen LogP contribution in [0.4, 0.5) is 5.69 Å². The minimum absolute atomic E-state index is 0.140. The van der Waals surface area contributed by atoms with Gasteiger partial charge in [0.1, 0.15) is 6.04 Å². The molecule has 6 nitrogen and oxygen atoms in total. The van der Waals surface area contributed by atoms with Crippen molar-refractivity contribution in [2.24, 2.45) is 0 Å². The number of aryl methyl sites for hydroxylation is 1. The van der Waals surface area contributed by atoms with Gasteiger partial charge in [0.05, 0.1) is 6.42 Å². The summed E-state index contributed by atoms with van der Waals surface area (Å²) >= 11 is 6.11. The number of carbonyl (C=O) groups excluding carboxylic acids is 2. The van der Waals surface area contributed by atoms with Crippen molar-refractivity contribution in [3.8, 4) is 11.5 Å². The van der Waals surface area contributed by atoms with E-state index in [1.807, 2.05) is 73.7 Å². The largest absolute Gasteiger partial charge is 0.454 e. The van der Waals surface area contributed by atoms with Crippen LogP contribution in [0.1, 0.15) is 28.3 Å². The van der Waals surface area contributed by atoms with Gasteiger partial charge in [-0.25, -0.2) is 0 Å². The number of hydrogen-bond donors (Lipinski definition) is 1. The molecule has 1 atom stereocenters. The molecular weight excluding hydrogens is 500 g/mol. The van der Waals surface area contributed by atoms with Gasteiger partial charge in [-0.15, -0.1) is 0 Å². The molecule has 5 rings (SSSR count). The molecule has 1 heterocycles. The first-order valence-electron chi connectivity index (χ1n) is 12.3. The van der Waals surface area contributed by atoms with E-state index in [1.165, 1.54) is 0 Å². The SMILES string of the molecule is Cc1ccc(C(C(=O)Nc2ccc3c(c2)OCO3)N(Cc2ccc(Cl)cc2)C(=O)Cc2ccccc2)cc1. The highest BCUT2D eigenvalue weighted by Crippen LogP contribution is 2.35. The summed E-state index contributed by atoms with van der Waals surface area (Å²) in [6.07, 6.45) is 0.161. The normalized spacial score (nSPS) is 12.6. The van der Waals surface area contributed by atoms with Crippen LogP contribution in [0.5, 0.6) is 11.5 Å². The van der Waals surface area contributed by atoms with Gasteiger partial charge < -0.3 is 19.7 Å². The maximum absolute atomic E-state index is 13.9. The Labute approximate surface area is 226 Å². The van der Waals surface area contributed by atoms with Gasteiger partial charge >= 0.3 is 0 Å². The Morgan fingerprint density at radius 1 is 0.868 bits per heavy atom. The Balaban J connectivity index is 1.51. The fourth-order valence-corrected chi connectivity index (χ4v) is 4.51. The first kappa shape index (κ1) is 25.4. The van der Waals surface area contributed by atoms with E-state index in [2.05, 4.69) is 5.32 Å². The minimum atomic E-state index is -0.882. The number of amides is 2. The smallest absolute Gasteiger partial charge is 0.251 e. The van der Waals surface area contributed by atoms with Crippen molar-refractivity contribution in [1.29, 1.82) is 0 Å². The Kier molecular flexibility index (Phi) is 7.61. The highest BCUT2D eigenvalue weighted by atomic mass is 35.5. The average Bonchev–Trinajstić information content (AvgIpc) is 3.39. The number of nitrogens with zero attached hydrogens (tertiary/aromatic N) is 1. The Morgan fingerprint density at radius 3 is 2.32 bits per heavy atom. The van der Waals surface area contributed by atoms with Gasteiger partial charge in [0.15, 0.2) is 11.5 Å². The maximum Gasteiger partial charge on any atom is 0.251 e. The number of ether oxygens (including phenoxy) is 2. The average molecular weight is 527 g/mol. The van der Waals surface area contributed by atoms with Crippen LogP contribution in [-0.2, 0) is 22.6 Å². The van der Waals surface area contributed by atoms with Crippen molar-refractivity contribution < 1.29 is 19.1 Å². The lowest BCUT2D eigenvalue weighted by molar-refractivity contribution is -0.139. The zero-order valence-corrected chi connectivity index (χ0v) is 21.7. The molecular formula is C31H27ClN2O4. The van der Waals surface area contributed by atoms with Gasteiger partial charge in [-0.2, -0.15) is 0 Å². The van der Waals surface area contributed by atoms with Crippen LogP contribution in [0, 0.1) is 6.92 Å². The molecule has 1 unspecified atom stereocenters. The first-order valence-corrected chi connectivity index (χ1v) is 12.7. The van der Waals surface area contributed by atoms with E-state index in [9.17, 15) is 9.59 Å². The maximum atomic E-state index is 13.9. The summed E-state index contributed by atoms with van der Waals surface area (Å²) in [4.78, 5) is 29.4. The molecule has 0 aromatic heterocycles. The van der Waals surface area contributed by atoms with E-state index in [1.54, 1.807) is 35.2 Å². The predicted molar refractivity (Wildman–Crippen MR) is 147 cm³/mol. The second-order valence-electron chi connectivity index (χ2n) is 9.18. The summed E-state index contributed by atoms with van der Waals surface area (Å²) in [5.41, 5.74) is 4.06. The van der Waals surface area contributed by atoms with Crippen LogP contribution in [0.2, 0.25) is 5.02 Å². The number of hydrogen-bond acceptors (Lipinski definition) is 4. The highest BCUT2D eigenvalue weighted by Gasteiger charge is 2.32. The van der Waals surface area contributed by atoms with Crippen LogP contribution < -0.4 is 14.8 Å². The Bertz CT molecular complexity index is 1420. The molecule has 1 aliphatic heterocycles. The third kappa shape index (κ3) is 5.98. The number of anilines is 1. The zero-order chi connectivity index (χ0) is 26.5. The Hall–Kier alpha value is -4.29. The number of fused-ring (bicyclic) bond motifs is 1. The lowest BCUT2D eigenvalue weighted by Crippen LogP contribution is -2.41. The van der Waals surface area contributed by atoms with Crippen LogP contribution in [0.15, 0.2) is 97.1 Å². The number of benzene rings is 4. The third-order valence-corrected chi connectivity index (χ3v) is 6.63. The lowest BCUT2D eigenvalue weighted by Gasteiger charge is -2.32. The van der Waals surface area contributed by atoms with Crippen LogP contribution in [0.25, 0.3) is 0 Å². The van der Waals surface area contributed by atoms with E-state index in [-0.39, 0.29) is 31.6 Å². The molecule has 0 spiro atoms. The topological polar surface area (TPSA) is 67.9 Å². The number of carbonyl (C=O) groups is 2. The van der Waals surface area contributed by atoms with Crippen molar-refractivity contribution in [3.05, 3.63) is 124 Å². The molecule has 0 saturated heterocycles. The van der Waals surface area contributed by atoms with Gasteiger partial charge in [0.25, 0.3) is 5.91 Å². The molecule has 0 saturated carbocycles. The van der Waals surface area contributed by atoms with Crippen LogP contribution in [0.3, 0.4) is 0 Å². The van der Waals surface area contributed by atoms with E-state index in [0.29, 0.717) is 27.8 Å². The van der Waals surface area contributed by atoms with Crippen molar-refractivity contribution in [2.75, 3.05) is 12.1 Å². The Morgan fingerprint density at radius 2 is 1.58 bits per heavy atom. The van der Waals surface area contributed by atoms with E-state index < -0.39 is 6.04 Å². The molecule has 0 aliphatic carbocycles. The van der Waals surface area contributed by atoms with E-state index in [0.717, 1.165) is 16.7 Å². The molecule has 0 bridgehead atoms. The monoisotopic (exact) mass is 526 g/mol. The van der Waals surface area contributed by atoms with Gasteiger partial charge in [-0.05, 0) is 47.9 Å². The molecule has 192 valence electrons. The molecule has 0 fully saturated rings. The fourth-order valence-electron chi connectivity index (χ4n) is 4.39. The quantitative estimate of drug-likeness (QED) is 0.291. The second-order valence-corrected chi connectivity index (χ2v) is 9.62. The predicted octanol–water partition coefficient (Wildman–Crippen LogP) is 6.33. The van der Waals surface area contributed by atoms with Gasteiger partial charge in [-0.1, -0.05) is 83.9 Å². The molecule has 38 heavy (non-hydrogen) atoms. The van der Waals surface area contributed by atoms with Gasteiger partial charge in [-0.3, -0.25) is 9.59 Å². The van der Waals surface area contributed by atoms with Crippen molar-refractivity contribution in [3.63, 3.8) is 0 Å². The number of rotatable bonds is 8. The molecule has 1 aliphatic rings. The first-order chi connectivity index (χ1) is 18.5. The van der Waals surface area contributed by atoms with Gasteiger partial charge in [0.2, 0.25) is 12.7 Å². The molecule has 0 radical (unpaired) electrons. The lowest BCUT2D eigenvalue weighted by atomic mass is 10.00. The summed E-state index contributed by atoms with van der Waals surface area (Å²) in [5, 5.41) is 3.59. The second kappa shape index (κ2) is 11.4. The number of halogens is 1. The molecule has 2 amide bonds. The minimum Gasteiger partial charge on any atom is -0.454 e. The summed E-state index contributed by atoms with van der Waals surface area (Å²) < 4.78 is 10.9. The summed E-state index contributed by atoms with van der Waals surface area (Å²) in [6.45, 7) is 2.36. The molecule has 4 aromatic rings. The van der Waals surface area contributed by atoms with Crippen molar-refractivity contribution in [1.82, 2.24) is 4.90 Å². The molecule has 4 aromatic carbocycles. The number of nitrogens with one attached hydrogen (secondary N) is 1. The standard InChI is InChI=1S/C31H27ClN2O4/c1-21-7-11-24(12-8-21)30(31(36)33-26-15-16-27-28(18-26)38-20-37-27)34(19-23-9-13-25(32)14-10-23)29(35)17-22-5-3-2-4-6-22/h2-16,18,30H,17,19-20H2,1H3,(H,33,36). The van der Waals surface area contributed by atoms with E-state index in [4.69, 9.17) is 21.1 Å².